The fourth-order valence-corrected chi connectivity index (χ4v) is 4.17. The highest BCUT2D eigenvalue weighted by Crippen LogP contribution is 2.53. The van der Waals surface area contributed by atoms with Gasteiger partial charge in [0, 0.05) is 17.9 Å². The molecule has 1 aromatic rings. The van der Waals surface area contributed by atoms with E-state index < -0.39 is 12.3 Å². The SMILES string of the molecule is NCc1cc(C23CCCC(C2)C(C(F)F)CC3)ncn1. The molecule has 0 aliphatic heterocycles. The summed E-state index contributed by atoms with van der Waals surface area (Å²) in [5, 5.41) is 0. The first kappa shape index (κ1) is 13.9. The van der Waals surface area contributed by atoms with Crippen molar-refractivity contribution in [2.45, 2.75) is 56.9 Å². The first-order chi connectivity index (χ1) is 9.64. The second kappa shape index (κ2) is 5.35. The van der Waals surface area contributed by atoms with Crippen molar-refractivity contribution in [3.63, 3.8) is 0 Å². The highest BCUT2D eigenvalue weighted by Gasteiger charge is 2.47. The number of rotatable bonds is 3. The van der Waals surface area contributed by atoms with Crippen molar-refractivity contribution in [2.24, 2.45) is 17.6 Å². The van der Waals surface area contributed by atoms with Crippen LogP contribution in [-0.2, 0) is 12.0 Å². The van der Waals surface area contributed by atoms with Crippen molar-refractivity contribution in [3.8, 4) is 0 Å². The van der Waals surface area contributed by atoms with E-state index in [1.54, 1.807) is 6.33 Å². The van der Waals surface area contributed by atoms with Gasteiger partial charge in [0.1, 0.15) is 6.33 Å². The molecule has 3 atom stereocenters. The Morgan fingerprint density at radius 1 is 1.30 bits per heavy atom. The van der Waals surface area contributed by atoms with Crippen molar-refractivity contribution in [3.05, 3.63) is 23.8 Å². The number of hydrogen-bond donors (Lipinski definition) is 1. The molecule has 0 spiro atoms. The Morgan fingerprint density at radius 2 is 2.15 bits per heavy atom. The quantitative estimate of drug-likeness (QED) is 0.926. The maximum Gasteiger partial charge on any atom is 0.241 e. The van der Waals surface area contributed by atoms with E-state index >= 15 is 0 Å². The summed E-state index contributed by atoms with van der Waals surface area (Å²) in [4.78, 5) is 8.58. The second-order valence-corrected chi connectivity index (χ2v) is 6.27. The van der Waals surface area contributed by atoms with Crippen molar-refractivity contribution >= 4 is 0 Å². The van der Waals surface area contributed by atoms with Crippen LogP contribution in [0.15, 0.2) is 12.4 Å². The Labute approximate surface area is 118 Å². The molecule has 2 aliphatic rings. The molecule has 2 saturated carbocycles. The Bertz CT molecular complexity index is 480. The number of nitrogens with two attached hydrogens (primary N) is 1. The maximum atomic E-state index is 13.1. The van der Waals surface area contributed by atoms with Crippen LogP contribution in [0.25, 0.3) is 0 Å². The zero-order valence-electron chi connectivity index (χ0n) is 11.6. The lowest BCUT2D eigenvalue weighted by atomic mass is 9.57. The summed E-state index contributed by atoms with van der Waals surface area (Å²) in [6.07, 6.45) is 4.69. The van der Waals surface area contributed by atoms with Gasteiger partial charge in [-0.3, -0.25) is 0 Å². The number of nitrogens with zero attached hydrogens (tertiary/aromatic N) is 2. The summed E-state index contributed by atoms with van der Waals surface area (Å²) in [7, 11) is 0. The zero-order valence-corrected chi connectivity index (χ0v) is 11.6. The van der Waals surface area contributed by atoms with Gasteiger partial charge in [0.25, 0.3) is 0 Å². The topological polar surface area (TPSA) is 51.8 Å². The standard InChI is InChI=1S/C15H21F2N3/c16-14(17)12-3-5-15(4-1-2-10(12)7-15)13-6-11(8-18)19-9-20-13/h6,9-10,12,14H,1-5,7-8,18H2. The van der Waals surface area contributed by atoms with Gasteiger partial charge in [-0.2, -0.15) is 0 Å². The van der Waals surface area contributed by atoms with Crippen LogP contribution < -0.4 is 5.73 Å². The van der Waals surface area contributed by atoms with Crippen LogP contribution in [0, 0.1) is 11.8 Å². The van der Waals surface area contributed by atoms with Crippen molar-refractivity contribution in [1.82, 2.24) is 9.97 Å². The fraction of sp³-hybridized carbons (Fsp3) is 0.733. The third kappa shape index (κ3) is 2.32. The normalized spacial score (nSPS) is 33.4. The van der Waals surface area contributed by atoms with Gasteiger partial charge in [-0.05, 0) is 44.1 Å². The minimum atomic E-state index is -2.18. The summed E-state index contributed by atoms with van der Waals surface area (Å²) < 4.78 is 26.2. The average Bonchev–Trinajstić information content (AvgIpc) is 2.47. The lowest BCUT2D eigenvalue weighted by Crippen LogP contribution is -2.43. The van der Waals surface area contributed by atoms with Crippen LogP contribution in [0.5, 0.6) is 0 Å². The molecule has 2 fully saturated rings. The molecule has 5 heteroatoms. The predicted octanol–water partition coefficient (Wildman–Crippen LogP) is 3.04. The molecule has 0 radical (unpaired) electrons. The van der Waals surface area contributed by atoms with E-state index in [4.69, 9.17) is 5.73 Å². The largest absolute Gasteiger partial charge is 0.325 e. The van der Waals surface area contributed by atoms with Crippen molar-refractivity contribution in [1.29, 1.82) is 0 Å². The molecule has 110 valence electrons. The van der Waals surface area contributed by atoms with Crippen molar-refractivity contribution < 1.29 is 8.78 Å². The van der Waals surface area contributed by atoms with Crippen LogP contribution in [0.3, 0.4) is 0 Å². The number of hydrogen-bond acceptors (Lipinski definition) is 3. The molecule has 0 amide bonds. The molecule has 3 nitrogen and oxygen atoms in total. The summed E-state index contributed by atoms with van der Waals surface area (Å²) in [6, 6.07) is 1.98. The Kier molecular flexibility index (Phi) is 3.71. The van der Waals surface area contributed by atoms with Gasteiger partial charge in [0.15, 0.2) is 0 Å². The molecule has 2 bridgehead atoms. The molecule has 1 aromatic heterocycles. The van der Waals surface area contributed by atoms with Gasteiger partial charge < -0.3 is 5.73 Å². The fourth-order valence-electron chi connectivity index (χ4n) is 4.17. The summed E-state index contributed by atoms with van der Waals surface area (Å²) in [5.74, 6) is -0.270. The molecule has 3 rings (SSSR count). The number of alkyl halides is 2. The third-order valence-electron chi connectivity index (χ3n) is 5.24. The van der Waals surface area contributed by atoms with E-state index in [-0.39, 0.29) is 11.3 Å². The van der Waals surface area contributed by atoms with Gasteiger partial charge in [-0.1, -0.05) is 6.42 Å². The first-order valence-corrected chi connectivity index (χ1v) is 7.44. The molecule has 2 N–H and O–H groups in total. The van der Waals surface area contributed by atoms with E-state index in [2.05, 4.69) is 9.97 Å². The second-order valence-electron chi connectivity index (χ2n) is 6.27. The van der Waals surface area contributed by atoms with Gasteiger partial charge >= 0.3 is 0 Å². The minimum Gasteiger partial charge on any atom is -0.325 e. The number of halogens is 2. The highest BCUT2D eigenvalue weighted by molar-refractivity contribution is 5.22. The Morgan fingerprint density at radius 3 is 2.90 bits per heavy atom. The van der Waals surface area contributed by atoms with Gasteiger partial charge in [-0.25, -0.2) is 18.7 Å². The smallest absolute Gasteiger partial charge is 0.241 e. The molecule has 2 aliphatic carbocycles. The minimum absolute atomic E-state index is 0.0127. The molecule has 0 aromatic carbocycles. The molecule has 3 unspecified atom stereocenters. The summed E-state index contributed by atoms with van der Waals surface area (Å²) in [5.41, 5.74) is 7.49. The van der Waals surface area contributed by atoms with E-state index in [1.165, 1.54) is 0 Å². The monoisotopic (exact) mass is 281 g/mol. The number of fused-ring (bicyclic) bond motifs is 2. The van der Waals surface area contributed by atoms with Crippen molar-refractivity contribution in [2.75, 3.05) is 0 Å². The number of aromatic nitrogens is 2. The van der Waals surface area contributed by atoms with Crippen LogP contribution in [0.4, 0.5) is 8.78 Å². The van der Waals surface area contributed by atoms with Gasteiger partial charge in [0.2, 0.25) is 6.43 Å². The zero-order chi connectivity index (χ0) is 14.2. The van der Waals surface area contributed by atoms with Crippen LogP contribution in [0.1, 0.15) is 49.9 Å². The van der Waals surface area contributed by atoms with E-state index in [0.717, 1.165) is 43.5 Å². The van der Waals surface area contributed by atoms with E-state index in [9.17, 15) is 8.78 Å². The Hall–Kier alpha value is -1.10. The summed E-state index contributed by atoms with van der Waals surface area (Å²) >= 11 is 0. The average molecular weight is 281 g/mol. The molecule has 0 saturated heterocycles. The molecular formula is C15H21F2N3. The van der Waals surface area contributed by atoms with Gasteiger partial charge in [-0.15, -0.1) is 0 Å². The summed E-state index contributed by atoms with van der Waals surface area (Å²) in [6.45, 7) is 0.398. The molecular weight excluding hydrogens is 260 g/mol. The highest BCUT2D eigenvalue weighted by atomic mass is 19.3. The van der Waals surface area contributed by atoms with Gasteiger partial charge in [0.05, 0.1) is 11.4 Å². The third-order valence-corrected chi connectivity index (χ3v) is 5.24. The predicted molar refractivity (Wildman–Crippen MR) is 72.3 cm³/mol. The van der Waals surface area contributed by atoms with Crippen LogP contribution in [0.2, 0.25) is 0 Å². The maximum absolute atomic E-state index is 13.1. The van der Waals surface area contributed by atoms with E-state index in [0.29, 0.717) is 13.0 Å². The molecule has 1 heterocycles. The van der Waals surface area contributed by atoms with Crippen LogP contribution in [-0.4, -0.2) is 16.4 Å². The van der Waals surface area contributed by atoms with E-state index in [1.807, 2.05) is 6.07 Å². The van der Waals surface area contributed by atoms with Crippen LogP contribution >= 0.6 is 0 Å². The first-order valence-electron chi connectivity index (χ1n) is 7.44. The lowest BCUT2D eigenvalue weighted by molar-refractivity contribution is -0.0191. The lowest BCUT2D eigenvalue weighted by Gasteiger charge is -2.48. The molecule has 20 heavy (non-hydrogen) atoms. The Balaban J connectivity index is 1.88.